The minimum absolute atomic E-state index is 0.741. The highest BCUT2D eigenvalue weighted by atomic mass is 15.2. The normalized spacial score (nSPS) is 16.7. The number of nitrogens with zero attached hydrogens (tertiary/aromatic N) is 3. The van der Waals surface area contributed by atoms with Crippen LogP contribution in [0.15, 0.2) is 12.4 Å². The second-order valence-electron chi connectivity index (χ2n) is 4.68. The Bertz CT molecular complexity index is 332. The quantitative estimate of drug-likeness (QED) is 0.779. The van der Waals surface area contributed by atoms with Gasteiger partial charge in [0.1, 0.15) is 0 Å². The molecule has 0 aromatic carbocycles. The van der Waals surface area contributed by atoms with Crippen LogP contribution in [-0.2, 0) is 6.42 Å². The van der Waals surface area contributed by atoms with Gasteiger partial charge in [-0.2, -0.15) is 0 Å². The van der Waals surface area contributed by atoms with E-state index in [0.29, 0.717) is 0 Å². The Hall–Kier alpha value is -1.20. The average molecular weight is 249 g/mol. The molecular weight excluding hydrogens is 226 g/mol. The minimum atomic E-state index is 0.741. The predicted molar refractivity (Wildman–Crippen MR) is 73.8 cm³/mol. The molecule has 0 unspecified atom stereocenters. The van der Waals surface area contributed by atoms with E-state index in [0.717, 1.165) is 58.1 Å². The third kappa shape index (κ3) is 4.23. The third-order valence-electron chi connectivity index (χ3n) is 3.16. The Morgan fingerprint density at radius 2 is 2.00 bits per heavy atom. The van der Waals surface area contributed by atoms with Crippen LogP contribution in [0.25, 0.3) is 0 Å². The fourth-order valence-electron chi connectivity index (χ4n) is 2.12. The van der Waals surface area contributed by atoms with Crippen LogP contribution in [0.5, 0.6) is 0 Å². The van der Waals surface area contributed by atoms with Crippen molar-refractivity contribution in [2.24, 2.45) is 0 Å². The first-order valence-corrected chi connectivity index (χ1v) is 6.86. The minimum Gasteiger partial charge on any atom is -0.353 e. The maximum atomic E-state index is 4.33. The molecule has 5 heteroatoms. The average Bonchev–Trinajstić information content (AvgIpc) is 2.42. The van der Waals surface area contributed by atoms with E-state index in [-0.39, 0.29) is 0 Å². The standard InChI is InChI=1S/C13H23N5/c1-2-3-12-10-16-13(17-11-12)15-6-9-18-7-4-14-5-8-18/h10-11,14H,2-9H2,1H3,(H,15,16,17). The smallest absolute Gasteiger partial charge is 0.222 e. The van der Waals surface area contributed by atoms with Crippen molar-refractivity contribution in [3.05, 3.63) is 18.0 Å². The van der Waals surface area contributed by atoms with Crippen LogP contribution < -0.4 is 10.6 Å². The monoisotopic (exact) mass is 249 g/mol. The van der Waals surface area contributed by atoms with Crippen LogP contribution in [0.3, 0.4) is 0 Å². The molecule has 1 saturated heterocycles. The van der Waals surface area contributed by atoms with E-state index >= 15 is 0 Å². The summed E-state index contributed by atoms with van der Waals surface area (Å²) in [6.07, 6.45) is 6.04. The molecular formula is C13H23N5. The van der Waals surface area contributed by atoms with Crippen molar-refractivity contribution in [3.63, 3.8) is 0 Å². The molecule has 2 heterocycles. The Balaban J connectivity index is 1.69. The van der Waals surface area contributed by atoms with Gasteiger partial charge in [-0.05, 0) is 12.0 Å². The van der Waals surface area contributed by atoms with Gasteiger partial charge >= 0.3 is 0 Å². The lowest BCUT2D eigenvalue weighted by molar-refractivity contribution is 0.249. The predicted octanol–water partition coefficient (Wildman–Crippen LogP) is 0.746. The molecule has 0 aliphatic carbocycles. The molecule has 1 aliphatic rings. The van der Waals surface area contributed by atoms with Gasteiger partial charge in [0.2, 0.25) is 5.95 Å². The first kappa shape index (κ1) is 13.2. The molecule has 0 spiro atoms. The lowest BCUT2D eigenvalue weighted by Gasteiger charge is -2.27. The summed E-state index contributed by atoms with van der Waals surface area (Å²) < 4.78 is 0. The number of aromatic nitrogens is 2. The van der Waals surface area contributed by atoms with Crippen molar-refractivity contribution in [2.45, 2.75) is 19.8 Å². The fourth-order valence-corrected chi connectivity index (χ4v) is 2.12. The summed E-state index contributed by atoms with van der Waals surface area (Å²) in [6.45, 7) is 8.61. The van der Waals surface area contributed by atoms with E-state index in [1.165, 1.54) is 5.56 Å². The number of nitrogens with one attached hydrogen (secondary N) is 2. The number of hydrogen-bond donors (Lipinski definition) is 2. The highest BCUT2D eigenvalue weighted by molar-refractivity contribution is 5.24. The molecule has 1 aromatic heterocycles. The van der Waals surface area contributed by atoms with Gasteiger partial charge in [-0.25, -0.2) is 9.97 Å². The molecule has 2 N–H and O–H groups in total. The number of rotatable bonds is 6. The van der Waals surface area contributed by atoms with Gasteiger partial charge in [0.25, 0.3) is 0 Å². The van der Waals surface area contributed by atoms with Crippen molar-refractivity contribution >= 4 is 5.95 Å². The van der Waals surface area contributed by atoms with Crippen molar-refractivity contribution in [3.8, 4) is 0 Å². The second kappa shape index (κ2) is 7.28. The van der Waals surface area contributed by atoms with Gasteiger partial charge in [-0.3, -0.25) is 4.90 Å². The summed E-state index contributed by atoms with van der Waals surface area (Å²) in [5.74, 6) is 0.741. The summed E-state index contributed by atoms with van der Waals surface area (Å²) in [5.41, 5.74) is 1.21. The molecule has 1 aromatic rings. The molecule has 0 radical (unpaired) electrons. The first-order valence-electron chi connectivity index (χ1n) is 6.86. The summed E-state index contributed by atoms with van der Waals surface area (Å²) in [5, 5.41) is 6.63. The Labute approximate surface area is 109 Å². The van der Waals surface area contributed by atoms with Gasteiger partial charge in [0.15, 0.2) is 0 Å². The lowest BCUT2D eigenvalue weighted by Crippen LogP contribution is -2.45. The van der Waals surface area contributed by atoms with Crippen LogP contribution in [0.4, 0.5) is 5.95 Å². The Morgan fingerprint density at radius 1 is 1.28 bits per heavy atom. The maximum absolute atomic E-state index is 4.33. The number of piperazine rings is 1. The maximum Gasteiger partial charge on any atom is 0.222 e. The molecule has 100 valence electrons. The van der Waals surface area contributed by atoms with Gasteiger partial charge in [-0.1, -0.05) is 13.3 Å². The summed E-state index contributed by atoms with van der Waals surface area (Å²) >= 11 is 0. The molecule has 0 amide bonds. The highest BCUT2D eigenvalue weighted by Crippen LogP contribution is 2.02. The van der Waals surface area contributed by atoms with Crippen molar-refractivity contribution in [1.82, 2.24) is 20.2 Å². The van der Waals surface area contributed by atoms with E-state index in [1.54, 1.807) is 0 Å². The molecule has 2 rings (SSSR count). The van der Waals surface area contributed by atoms with Crippen molar-refractivity contribution in [1.29, 1.82) is 0 Å². The van der Waals surface area contributed by atoms with Crippen molar-refractivity contribution in [2.75, 3.05) is 44.6 Å². The zero-order chi connectivity index (χ0) is 12.6. The summed E-state index contributed by atoms with van der Waals surface area (Å²) in [7, 11) is 0. The van der Waals surface area contributed by atoms with Gasteiger partial charge in [-0.15, -0.1) is 0 Å². The summed E-state index contributed by atoms with van der Waals surface area (Å²) in [4.78, 5) is 11.1. The first-order chi connectivity index (χ1) is 8.88. The molecule has 5 nitrogen and oxygen atoms in total. The number of aryl methyl sites for hydroxylation is 1. The van der Waals surface area contributed by atoms with Crippen molar-refractivity contribution < 1.29 is 0 Å². The van der Waals surface area contributed by atoms with E-state index in [4.69, 9.17) is 0 Å². The molecule has 1 fully saturated rings. The van der Waals surface area contributed by atoms with Crippen LogP contribution in [0.1, 0.15) is 18.9 Å². The largest absolute Gasteiger partial charge is 0.353 e. The number of anilines is 1. The zero-order valence-electron chi connectivity index (χ0n) is 11.2. The molecule has 18 heavy (non-hydrogen) atoms. The second-order valence-corrected chi connectivity index (χ2v) is 4.68. The van der Waals surface area contributed by atoms with Gasteiger partial charge < -0.3 is 10.6 Å². The topological polar surface area (TPSA) is 53.1 Å². The van der Waals surface area contributed by atoms with E-state index in [9.17, 15) is 0 Å². The SMILES string of the molecule is CCCc1cnc(NCCN2CCNCC2)nc1. The van der Waals surface area contributed by atoms with Gasteiger partial charge in [0.05, 0.1) is 0 Å². The van der Waals surface area contributed by atoms with Crippen LogP contribution >= 0.6 is 0 Å². The zero-order valence-corrected chi connectivity index (χ0v) is 11.2. The molecule has 0 saturated carbocycles. The van der Waals surface area contributed by atoms with E-state index < -0.39 is 0 Å². The molecule has 0 atom stereocenters. The molecule has 1 aliphatic heterocycles. The van der Waals surface area contributed by atoms with E-state index in [1.807, 2.05) is 12.4 Å². The Kier molecular flexibility index (Phi) is 5.36. The molecule has 0 bridgehead atoms. The van der Waals surface area contributed by atoms with Crippen LogP contribution in [0, 0.1) is 0 Å². The van der Waals surface area contributed by atoms with Crippen LogP contribution in [0.2, 0.25) is 0 Å². The van der Waals surface area contributed by atoms with E-state index in [2.05, 4.69) is 32.4 Å². The Morgan fingerprint density at radius 3 is 2.67 bits per heavy atom. The van der Waals surface area contributed by atoms with Crippen LogP contribution in [-0.4, -0.2) is 54.1 Å². The highest BCUT2D eigenvalue weighted by Gasteiger charge is 2.08. The lowest BCUT2D eigenvalue weighted by atomic mass is 10.2. The fraction of sp³-hybridized carbons (Fsp3) is 0.692. The van der Waals surface area contributed by atoms with Gasteiger partial charge in [0, 0.05) is 51.7 Å². The summed E-state index contributed by atoms with van der Waals surface area (Å²) in [6, 6.07) is 0. The third-order valence-corrected chi connectivity index (χ3v) is 3.16. The number of hydrogen-bond acceptors (Lipinski definition) is 5.